The molecule has 0 amide bonds. The number of rotatable bonds is 15. The SMILES string of the molecule is [B]Cc1cc(C[B])c(C[B])c(C(=O)OC2CC(OC(=O)c3cc(C[B])cc(C[B])c3C[B]I)CC(C(=O)OCCS(=O)(=O)O)C2)c1. The van der Waals surface area contributed by atoms with Gasteiger partial charge in [0.15, 0.2) is 0 Å². The second kappa shape index (κ2) is 17.9. The summed E-state index contributed by atoms with van der Waals surface area (Å²) in [6.45, 7) is -0.583. The van der Waals surface area contributed by atoms with Crippen LogP contribution in [0.5, 0.6) is 0 Å². The molecule has 1 N–H and O–H groups in total. The monoisotopic (exact) mass is 747 g/mol. The second-order valence-corrected chi connectivity index (χ2v) is 13.3. The minimum atomic E-state index is -4.37. The van der Waals surface area contributed by atoms with Crippen LogP contribution in [0.4, 0.5) is 0 Å². The molecule has 0 bridgehead atoms. The molecule has 3 unspecified atom stereocenters. The number of esters is 3. The van der Waals surface area contributed by atoms with E-state index in [9.17, 15) is 22.8 Å². The Labute approximate surface area is 291 Å². The van der Waals surface area contributed by atoms with E-state index in [0.717, 1.165) is 5.56 Å². The summed E-state index contributed by atoms with van der Waals surface area (Å²) < 4.78 is 48.1. The largest absolute Gasteiger partial charge is 0.464 e. The summed E-state index contributed by atoms with van der Waals surface area (Å²) in [6, 6.07) is 6.84. The van der Waals surface area contributed by atoms with Crippen LogP contribution in [0.25, 0.3) is 0 Å². The average Bonchev–Trinajstić information content (AvgIpc) is 3.03. The highest BCUT2D eigenvalue weighted by Crippen LogP contribution is 2.32. The van der Waals surface area contributed by atoms with E-state index in [0.29, 0.717) is 34.1 Å². The first-order valence-electron chi connectivity index (χ1n) is 14.6. The maximum Gasteiger partial charge on any atom is 0.338 e. The number of carbonyl (C=O) groups is 3. The third-order valence-corrected chi connectivity index (χ3v) is 8.85. The fourth-order valence-corrected chi connectivity index (χ4v) is 6.25. The van der Waals surface area contributed by atoms with E-state index in [1.165, 1.54) is 0 Å². The van der Waals surface area contributed by atoms with Gasteiger partial charge in [0.05, 0.1) is 56.3 Å². The van der Waals surface area contributed by atoms with Crippen molar-refractivity contribution in [2.75, 3.05) is 12.4 Å². The third-order valence-electron chi connectivity index (χ3n) is 7.73. The van der Waals surface area contributed by atoms with Gasteiger partial charge >= 0.3 is 17.9 Å². The van der Waals surface area contributed by atoms with E-state index in [2.05, 4.69) is 22.4 Å². The van der Waals surface area contributed by atoms with E-state index in [1.807, 2.05) is 11.2 Å². The predicted molar refractivity (Wildman–Crippen MR) is 187 cm³/mol. The lowest BCUT2D eigenvalue weighted by Crippen LogP contribution is -2.39. The van der Waals surface area contributed by atoms with Crippen molar-refractivity contribution in [3.8, 4) is 0 Å². The van der Waals surface area contributed by atoms with E-state index in [1.54, 1.807) is 18.2 Å². The zero-order valence-electron chi connectivity index (χ0n) is 25.3. The molecule has 46 heavy (non-hydrogen) atoms. The van der Waals surface area contributed by atoms with Gasteiger partial charge in [0.25, 0.3) is 10.1 Å². The van der Waals surface area contributed by atoms with E-state index < -0.39 is 58.5 Å². The van der Waals surface area contributed by atoms with Gasteiger partial charge in [-0.15, -0.1) is 0 Å². The number of carbonyl (C=O) groups excluding carboxylic acids is 3. The first kappa shape index (κ1) is 38.3. The molecule has 2 aromatic carbocycles. The molecule has 0 saturated heterocycles. The van der Waals surface area contributed by atoms with Crippen LogP contribution in [0.2, 0.25) is 0 Å². The fourth-order valence-electron chi connectivity index (χ4n) is 5.52. The van der Waals surface area contributed by atoms with Crippen molar-refractivity contribution in [3.63, 3.8) is 0 Å². The van der Waals surface area contributed by atoms with E-state index in [-0.39, 0.29) is 62.0 Å². The average molecular weight is 746 g/mol. The Hall–Kier alpha value is -2.12. The van der Waals surface area contributed by atoms with Crippen LogP contribution in [-0.2, 0) is 67.0 Å². The van der Waals surface area contributed by atoms with Gasteiger partial charge < -0.3 is 14.2 Å². The van der Waals surface area contributed by atoms with Crippen LogP contribution >= 0.6 is 22.4 Å². The summed E-state index contributed by atoms with van der Waals surface area (Å²) in [6.07, 6.45) is -0.629. The van der Waals surface area contributed by atoms with Gasteiger partial charge in [0.2, 0.25) is 5.14 Å². The Bertz CT molecular complexity index is 1530. The van der Waals surface area contributed by atoms with Gasteiger partial charge in [-0.3, -0.25) is 9.35 Å². The molecule has 231 valence electrons. The van der Waals surface area contributed by atoms with Crippen molar-refractivity contribution in [1.29, 1.82) is 0 Å². The fraction of sp³-hybridized carbons (Fsp3) is 0.483. The van der Waals surface area contributed by atoms with Crippen molar-refractivity contribution in [2.45, 2.75) is 69.4 Å². The number of benzene rings is 2. The van der Waals surface area contributed by atoms with Crippen molar-refractivity contribution >= 4 is 94.8 Å². The normalized spacial score (nSPS) is 18.0. The van der Waals surface area contributed by atoms with E-state index >= 15 is 0 Å². The summed E-state index contributed by atoms with van der Waals surface area (Å²) in [4.78, 5) is 40.1. The highest BCUT2D eigenvalue weighted by atomic mass is 127. The van der Waals surface area contributed by atoms with Crippen molar-refractivity contribution in [2.24, 2.45) is 5.92 Å². The second-order valence-electron chi connectivity index (χ2n) is 10.9. The van der Waals surface area contributed by atoms with Gasteiger partial charge in [-0.25, -0.2) is 9.59 Å². The zero-order chi connectivity index (χ0) is 34.0. The molecule has 17 heteroatoms. The Balaban J connectivity index is 1.91. The van der Waals surface area contributed by atoms with Crippen LogP contribution in [0, 0.1) is 5.92 Å². The van der Waals surface area contributed by atoms with Gasteiger partial charge in [-0.1, -0.05) is 66.0 Å². The highest BCUT2D eigenvalue weighted by molar-refractivity contribution is 14.1. The predicted octanol–water partition coefficient (Wildman–Crippen LogP) is 1.57. The molecule has 2 aromatic rings. The lowest BCUT2D eigenvalue weighted by molar-refractivity contribution is -0.152. The zero-order valence-corrected chi connectivity index (χ0v) is 28.3. The standard InChI is InChI=1S/C29H30B6IO9S/c30-10-16-3-19(12-32)25(14-34)23(5-16)28(38)44-21-7-18(27(37)43-1-2-46(40,41)42)8-22(9-21)45-29(39)24-6-17(11-31)4-20(13-33)26(24)15-35-36/h3-6,18,21-22H,1-2,7-15H2,(H,40,41,42). The summed E-state index contributed by atoms with van der Waals surface area (Å²) in [5.41, 5.74) is 4.37. The smallest absolute Gasteiger partial charge is 0.338 e. The lowest BCUT2D eigenvalue weighted by atomic mass is 9.81. The highest BCUT2D eigenvalue weighted by Gasteiger charge is 2.38. The minimum absolute atomic E-state index is 0.0117. The molecule has 1 saturated carbocycles. The van der Waals surface area contributed by atoms with Crippen LogP contribution in [0.15, 0.2) is 24.3 Å². The summed E-state index contributed by atoms with van der Waals surface area (Å²) in [5, 5.41) is 1.85. The molecule has 3 atom stereocenters. The molecule has 9 nitrogen and oxygen atoms in total. The molecule has 0 heterocycles. The molecule has 1 fully saturated rings. The molecule has 3 rings (SSSR count). The number of hydrogen-bond donors (Lipinski definition) is 1. The summed E-state index contributed by atoms with van der Waals surface area (Å²) >= 11 is 2.08. The van der Waals surface area contributed by atoms with Crippen LogP contribution in [0.1, 0.15) is 73.4 Å². The minimum Gasteiger partial charge on any atom is -0.464 e. The number of hydrogen-bond acceptors (Lipinski definition) is 8. The van der Waals surface area contributed by atoms with Crippen LogP contribution < -0.4 is 0 Å². The van der Waals surface area contributed by atoms with Gasteiger partial charge in [0.1, 0.15) is 24.6 Å². The molecule has 1 aliphatic carbocycles. The summed E-state index contributed by atoms with van der Waals surface area (Å²) in [5.74, 6) is -3.89. The lowest BCUT2D eigenvalue weighted by Gasteiger charge is -2.33. The first-order chi connectivity index (χ1) is 21.9. The van der Waals surface area contributed by atoms with Gasteiger partial charge in [-0.2, -0.15) is 30.8 Å². The Morgan fingerprint density at radius 1 is 0.783 bits per heavy atom. The maximum absolute atomic E-state index is 13.6. The third kappa shape index (κ3) is 10.4. The van der Waals surface area contributed by atoms with Crippen molar-refractivity contribution in [1.82, 2.24) is 0 Å². The van der Waals surface area contributed by atoms with Crippen molar-refractivity contribution < 1.29 is 41.6 Å². The Kier molecular flexibility index (Phi) is 14.9. The molecule has 11 radical (unpaired) electrons. The molecule has 0 aliphatic heterocycles. The van der Waals surface area contributed by atoms with Gasteiger partial charge in [0, 0.05) is 6.42 Å². The van der Waals surface area contributed by atoms with Crippen LogP contribution in [-0.4, -0.2) is 99.8 Å². The first-order valence-corrected chi connectivity index (χ1v) is 17.5. The molecule has 0 aromatic heterocycles. The summed E-state index contributed by atoms with van der Waals surface area (Å²) in [7, 11) is 25.1. The quantitative estimate of drug-likeness (QED) is 0.0949. The van der Waals surface area contributed by atoms with E-state index in [4.69, 9.17) is 58.0 Å². The number of ether oxygens (including phenoxy) is 3. The molecular formula is C29H30B6IO9S. The Morgan fingerprint density at radius 2 is 1.28 bits per heavy atom. The molecule has 1 aliphatic rings. The maximum atomic E-state index is 13.6. The molecular weight excluding hydrogens is 716 g/mol. The van der Waals surface area contributed by atoms with Gasteiger partial charge in [-0.05, 0) is 42.4 Å². The topological polar surface area (TPSA) is 133 Å². The van der Waals surface area contributed by atoms with Crippen LogP contribution in [0.3, 0.4) is 0 Å². The molecule has 0 spiro atoms. The Morgan fingerprint density at radius 3 is 1.72 bits per heavy atom. The number of halogens is 1. The van der Waals surface area contributed by atoms with Crippen molar-refractivity contribution in [3.05, 3.63) is 68.8 Å².